The fourth-order valence-electron chi connectivity index (χ4n) is 2.96. The summed E-state index contributed by atoms with van der Waals surface area (Å²) in [6, 6.07) is 10.4. The molecule has 1 aliphatic heterocycles. The van der Waals surface area contributed by atoms with Crippen LogP contribution in [0.15, 0.2) is 47.5 Å². The molecule has 1 aliphatic rings. The van der Waals surface area contributed by atoms with E-state index in [-0.39, 0.29) is 11.7 Å². The Kier molecular flexibility index (Phi) is 5.08. The van der Waals surface area contributed by atoms with Crippen molar-refractivity contribution in [1.82, 2.24) is 9.55 Å². The molecule has 0 amide bonds. The van der Waals surface area contributed by atoms with Crippen molar-refractivity contribution in [2.45, 2.75) is 32.4 Å². The van der Waals surface area contributed by atoms with Crippen molar-refractivity contribution >= 4 is 5.82 Å². The van der Waals surface area contributed by atoms with Gasteiger partial charge in [0.15, 0.2) is 5.82 Å². The van der Waals surface area contributed by atoms with E-state index in [1.165, 1.54) is 5.56 Å². The molecule has 1 unspecified atom stereocenters. The van der Waals surface area contributed by atoms with Gasteiger partial charge in [0.05, 0.1) is 12.7 Å². The maximum absolute atomic E-state index is 12.4. The molecule has 1 atom stereocenters. The highest BCUT2D eigenvalue weighted by atomic mass is 16.5. The Morgan fingerprint density at radius 3 is 2.91 bits per heavy atom. The molecule has 1 fully saturated rings. The average molecular weight is 313 g/mol. The molecule has 0 aliphatic carbocycles. The Hall–Kier alpha value is -2.14. The second kappa shape index (κ2) is 7.42. The summed E-state index contributed by atoms with van der Waals surface area (Å²) < 4.78 is 7.56. The van der Waals surface area contributed by atoms with Crippen LogP contribution >= 0.6 is 0 Å². The number of rotatable bonds is 5. The minimum Gasteiger partial charge on any atom is -0.375 e. The maximum atomic E-state index is 12.4. The summed E-state index contributed by atoms with van der Waals surface area (Å²) >= 11 is 0. The zero-order chi connectivity index (χ0) is 16.1. The Morgan fingerprint density at radius 1 is 1.30 bits per heavy atom. The van der Waals surface area contributed by atoms with Gasteiger partial charge in [-0.05, 0) is 25.3 Å². The lowest BCUT2D eigenvalue weighted by Crippen LogP contribution is -2.45. The number of hydrogen-bond acceptors (Lipinski definition) is 4. The Bertz CT molecular complexity index is 684. The maximum Gasteiger partial charge on any atom is 0.293 e. The second-order valence-electron chi connectivity index (χ2n) is 5.81. The highest BCUT2D eigenvalue weighted by molar-refractivity contribution is 5.36. The standard InChI is InChI=1S/C18H23N3O2/c1-2-20-11-10-19-17(18(20)22)21-12-13-23-16(14-21)9-8-15-6-4-3-5-7-15/h3-7,10-11,16H,2,8-9,12-14H2,1H3. The zero-order valence-corrected chi connectivity index (χ0v) is 13.5. The van der Waals surface area contributed by atoms with Crippen LogP contribution in [0.25, 0.3) is 0 Å². The van der Waals surface area contributed by atoms with Crippen LogP contribution in [0.3, 0.4) is 0 Å². The van der Waals surface area contributed by atoms with Crippen LogP contribution in [0.1, 0.15) is 18.9 Å². The monoisotopic (exact) mass is 313 g/mol. The van der Waals surface area contributed by atoms with Crippen LogP contribution in [0.2, 0.25) is 0 Å². The van der Waals surface area contributed by atoms with Crippen molar-refractivity contribution in [2.24, 2.45) is 0 Å². The molecule has 1 aromatic carbocycles. The van der Waals surface area contributed by atoms with Crippen molar-refractivity contribution < 1.29 is 4.74 Å². The molecule has 23 heavy (non-hydrogen) atoms. The van der Waals surface area contributed by atoms with Crippen molar-refractivity contribution in [3.8, 4) is 0 Å². The summed E-state index contributed by atoms with van der Waals surface area (Å²) in [5.74, 6) is 0.544. The Labute approximate surface area is 136 Å². The van der Waals surface area contributed by atoms with Crippen molar-refractivity contribution in [3.05, 3.63) is 58.6 Å². The van der Waals surface area contributed by atoms with Gasteiger partial charge in [-0.3, -0.25) is 4.79 Å². The van der Waals surface area contributed by atoms with Gasteiger partial charge in [-0.2, -0.15) is 0 Å². The van der Waals surface area contributed by atoms with Crippen LogP contribution in [0, 0.1) is 0 Å². The number of benzene rings is 1. The summed E-state index contributed by atoms with van der Waals surface area (Å²) in [4.78, 5) is 18.8. The predicted molar refractivity (Wildman–Crippen MR) is 90.9 cm³/mol. The molecule has 1 aromatic heterocycles. The first-order chi connectivity index (χ1) is 11.3. The summed E-state index contributed by atoms with van der Waals surface area (Å²) in [5, 5.41) is 0. The topological polar surface area (TPSA) is 47.4 Å². The molecule has 2 aromatic rings. The fraction of sp³-hybridized carbons (Fsp3) is 0.444. The van der Waals surface area contributed by atoms with E-state index >= 15 is 0 Å². The quantitative estimate of drug-likeness (QED) is 0.848. The van der Waals surface area contributed by atoms with Gasteiger partial charge < -0.3 is 14.2 Å². The molecular formula is C18H23N3O2. The Morgan fingerprint density at radius 2 is 2.13 bits per heavy atom. The van der Waals surface area contributed by atoms with Crippen LogP contribution in [0.4, 0.5) is 5.82 Å². The van der Waals surface area contributed by atoms with E-state index in [1.54, 1.807) is 17.0 Å². The molecule has 5 nitrogen and oxygen atoms in total. The van der Waals surface area contributed by atoms with Crippen LogP contribution in [0.5, 0.6) is 0 Å². The summed E-state index contributed by atoms with van der Waals surface area (Å²) in [6.07, 6.45) is 5.52. The van der Waals surface area contributed by atoms with Crippen molar-refractivity contribution in [3.63, 3.8) is 0 Å². The minimum atomic E-state index is -0.0151. The molecule has 1 saturated heterocycles. The van der Waals surface area contributed by atoms with Gasteiger partial charge in [-0.15, -0.1) is 0 Å². The first-order valence-electron chi connectivity index (χ1n) is 8.24. The van der Waals surface area contributed by atoms with Crippen LogP contribution in [-0.4, -0.2) is 35.4 Å². The molecule has 5 heteroatoms. The molecule has 3 rings (SSSR count). The highest BCUT2D eigenvalue weighted by Crippen LogP contribution is 2.15. The van der Waals surface area contributed by atoms with Gasteiger partial charge in [0, 0.05) is 32.0 Å². The van der Waals surface area contributed by atoms with E-state index in [0.717, 1.165) is 25.9 Å². The van der Waals surface area contributed by atoms with Gasteiger partial charge in [0.2, 0.25) is 0 Å². The molecule has 2 heterocycles. The first-order valence-corrected chi connectivity index (χ1v) is 8.24. The SMILES string of the molecule is CCn1ccnc(N2CCOC(CCc3ccccc3)C2)c1=O. The Balaban J connectivity index is 1.65. The molecular weight excluding hydrogens is 290 g/mol. The van der Waals surface area contributed by atoms with E-state index < -0.39 is 0 Å². The normalized spacial score (nSPS) is 18.1. The third-order valence-corrected chi connectivity index (χ3v) is 4.27. The highest BCUT2D eigenvalue weighted by Gasteiger charge is 2.23. The number of morpholine rings is 1. The predicted octanol–water partition coefficient (Wildman–Crippen LogP) is 2.10. The number of ether oxygens (including phenoxy) is 1. The number of aromatic nitrogens is 2. The number of aryl methyl sites for hydroxylation is 2. The third kappa shape index (κ3) is 3.79. The van der Waals surface area contributed by atoms with E-state index in [4.69, 9.17) is 4.74 Å². The fourth-order valence-corrected chi connectivity index (χ4v) is 2.96. The van der Waals surface area contributed by atoms with Crippen LogP contribution in [-0.2, 0) is 17.7 Å². The largest absolute Gasteiger partial charge is 0.375 e. The number of anilines is 1. The van der Waals surface area contributed by atoms with Gasteiger partial charge in [-0.25, -0.2) is 4.98 Å². The summed E-state index contributed by atoms with van der Waals surface area (Å²) in [6.45, 7) is 4.71. The van der Waals surface area contributed by atoms with Gasteiger partial charge in [0.1, 0.15) is 0 Å². The van der Waals surface area contributed by atoms with E-state index in [0.29, 0.717) is 19.0 Å². The average Bonchev–Trinajstić information content (AvgIpc) is 2.61. The minimum absolute atomic E-state index is 0.0151. The number of nitrogens with zero attached hydrogens (tertiary/aromatic N) is 3. The second-order valence-corrected chi connectivity index (χ2v) is 5.81. The lowest BCUT2D eigenvalue weighted by Gasteiger charge is -2.33. The van der Waals surface area contributed by atoms with E-state index in [9.17, 15) is 4.79 Å². The zero-order valence-electron chi connectivity index (χ0n) is 13.5. The first kappa shape index (κ1) is 15.7. The molecule has 0 bridgehead atoms. The van der Waals surface area contributed by atoms with E-state index in [1.807, 2.05) is 13.0 Å². The van der Waals surface area contributed by atoms with E-state index in [2.05, 4.69) is 34.1 Å². The molecule has 0 radical (unpaired) electrons. The van der Waals surface area contributed by atoms with Gasteiger partial charge in [-0.1, -0.05) is 30.3 Å². The van der Waals surface area contributed by atoms with Gasteiger partial charge in [0.25, 0.3) is 5.56 Å². The molecule has 0 saturated carbocycles. The van der Waals surface area contributed by atoms with Crippen molar-refractivity contribution in [1.29, 1.82) is 0 Å². The number of hydrogen-bond donors (Lipinski definition) is 0. The summed E-state index contributed by atoms with van der Waals surface area (Å²) in [5.41, 5.74) is 1.30. The molecule has 0 spiro atoms. The van der Waals surface area contributed by atoms with Crippen LogP contribution < -0.4 is 10.5 Å². The molecule has 0 N–H and O–H groups in total. The van der Waals surface area contributed by atoms with Crippen molar-refractivity contribution in [2.75, 3.05) is 24.6 Å². The third-order valence-electron chi connectivity index (χ3n) is 4.27. The lowest BCUT2D eigenvalue weighted by molar-refractivity contribution is 0.0351. The molecule has 122 valence electrons. The smallest absolute Gasteiger partial charge is 0.293 e. The summed E-state index contributed by atoms with van der Waals surface area (Å²) in [7, 11) is 0. The lowest BCUT2D eigenvalue weighted by atomic mass is 10.1. The van der Waals surface area contributed by atoms with Gasteiger partial charge >= 0.3 is 0 Å².